The van der Waals surface area contributed by atoms with Crippen molar-refractivity contribution >= 4 is 11.4 Å². The van der Waals surface area contributed by atoms with E-state index in [0.717, 1.165) is 34.6 Å². The lowest BCUT2D eigenvalue weighted by Crippen LogP contribution is -2.21. The number of carbonyl (C=O) groups excluding carboxylic acids is 1. The van der Waals surface area contributed by atoms with Gasteiger partial charge in [0.25, 0.3) is 0 Å². The van der Waals surface area contributed by atoms with Crippen LogP contribution in [0, 0.1) is 24.2 Å². The van der Waals surface area contributed by atoms with Gasteiger partial charge < -0.3 is 9.47 Å². The van der Waals surface area contributed by atoms with Crippen LogP contribution in [0.2, 0.25) is 0 Å². The number of ketones is 1. The summed E-state index contributed by atoms with van der Waals surface area (Å²) in [6.45, 7) is 4.18. The number of carbonyl (C=O) groups is 1. The Morgan fingerprint density at radius 2 is 1.93 bits per heavy atom. The minimum absolute atomic E-state index is 0.229. The predicted octanol–water partition coefficient (Wildman–Crippen LogP) is 3.68. The number of fused-ring (bicyclic) bond motifs is 1. The van der Waals surface area contributed by atoms with Crippen molar-refractivity contribution in [3.05, 3.63) is 78.0 Å². The van der Waals surface area contributed by atoms with E-state index in [1.165, 1.54) is 0 Å². The van der Waals surface area contributed by atoms with Crippen molar-refractivity contribution in [3.63, 3.8) is 0 Å². The lowest BCUT2D eigenvalue weighted by molar-refractivity contribution is -0.116. The third kappa shape index (κ3) is 3.22. The number of nitriles is 1. The molecule has 2 aromatic rings. The van der Waals surface area contributed by atoms with Crippen LogP contribution in [0.25, 0.3) is 5.57 Å². The second kappa shape index (κ2) is 7.08. The van der Waals surface area contributed by atoms with Gasteiger partial charge in [-0.25, -0.2) is 0 Å². The number of allylic oxidation sites excluding steroid dienone is 4. The summed E-state index contributed by atoms with van der Waals surface area (Å²) in [4.78, 5) is 16.7. The molecule has 1 aromatic heterocycles. The molecule has 0 N–H and O–H groups in total. The van der Waals surface area contributed by atoms with Crippen molar-refractivity contribution in [3.8, 4) is 17.6 Å². The molecule has 4 rings (SSSR count). The molecule has 1 unspecified atom stereocenters. The Morgan fingerprint density at radius 3 is 2.70 bits per heavy atom. The van der Waals surface area contributed by atoms with Gasteiger partial charge in [-0.05, 0) is 66.3 Å². The van der Waals surface area contributed by atoms with Gasteiger partial charge in [0.15, 0.2) is 17.3 Å². The normalized spacial score (nSPS) is 18.3. The third-order valence-electron chi connectivity index (χ3n) is 4.85. The fourth-order valence-corrected chi connectivity index (χ4v) is 3.35. The number of aromatic nitrogens is 1. The van der Waals surface area contributed by atoms with Gasteiger partial charge in [0, 0.05) is 18.0 Å². The smallest absolute Gasteiger partial charge is 0.231 e. The van der Waals surface area contributed by atoms with Crippen LogP contribution in [-0.4, -0.2) is 17.6 Å². The topological polar surface area (TPSA) is 72.2 Å². The van der Waals surface area contributed by atoms with E-state index >= 15 is 0 Å². The summed E-state index contributed by atoms with van der Waals surface area (Å²) in [5.74, 6) is 0.440. The van der Waals surface area contributed by atoms with Crippen molar-refractivity contribution in [1.29, 1.82) is 5.26 Å². The van der Waals surface area contributed by atoms with Crippen molar-refractivity contribution in [2.75, 3.05) is 6.79 Å². The van der Waals surface area contributed by atoms with Crippen LogP contribution < -0.4 is 9.47 Å². The van der Waals surface area contributed by atoms with Crippen LogP contribution in [0.15, 0.2) is 59.9 Å². The zero-order valence-corrected chi connectivity index (χ0v) is 14.6. The first-order chi connectivity index (χ1) is 13.2. The van der Waals surface area contributed by atoms with Crippen LogP contribution in [-0.2, 0) is 11.2 Å². The van der Waals surface area contributed by atoms with Crippen LogP contribution in [0.1, 0.15) is 17.5 Å². The summed E-state index contributed by atoms with van der Waals surface area (Å²) >= 11 is 0. The Bertz CT molecular complexity index is 1000. The first-order valence-electron chi connectivity index (χ1n) is 8.67. The maximum absolute atomic E-state index is 12.7. The number of aryl methyl sites for hydroxylation is 1. The summed E-state index contributed by atoms with van der Waals surface area (Å²) in [6.07, 6.45) is 6.63. The van der Waals surface area contributed by atoms with Crippen LogP contribution in [0.4, 0.5) is 0 Å². The fraction of sp³-hybridized carbons (Fsp3) is 0.182. The molecule has 0 saturated carbocycles. The monoisotopic (exact) mass is 357 g/mol. The first-order valence-corrected chi connectivity index (χ1v) is 8.67. The van der Waals surface area contributed by atoms with Crippen molar-refractivity contribution < 1.29 is 14.3 Å². The molecule has 27 heavy (non-hydrogen) atoms. The fourth-order valence-electron chi connectivity index (χ4n) is 3.35. The van der Waals surface area contributed by atoms with E-state index in [1.807, 2.05) is 36.4 Å². The molecule has 1 aliphatic carbocycles. The number of nitrogens with zero attached hydrogens (tertiary/aromatic N) is 2. The average molecular weight is 357 g/mol. The molecule has 133 valence electrons. The van der Waals surface area contributed by atoms with E-state index in [9.17, 15) is 10.1 Å². The summed E-state index contributed by atoms with van der Waals surface area (Å²) < 4.78 is 10.8. The molecule has 0 saturated heterocycles. The number of rotatable bonds is 4. The highest BCUT2D eigenvalue weighted by Gasteiger charge is 2.30. The number of hydrogen-bond donors (Lipinski definition) is 0. The molecule has 1 radical (unpaired) electrons. The van der Waals surface area contributed by atoms with E-state index in [2.05, 4.69) is 18.0 Å². The zero-order chi connectivity index (χ0) is 18.8. The van der Waals surface area contributed by atoms with E-state index < -0.39 is 5.92 Å². The third-order valence-corrected chi connectivity index (χ3v) is 4.85. The van der Waals surface area contributed by atoms with Gasteiger partial charge in [0.2, 0.25) is 6.79 Å². The second-order valence-electron chi connectivity index (χ2n) is 6.45. The molecule has 0 spiro atoms. The number of hydrogen-bond acceptors (Lipinski definition) is 5. The highest BCUT2D eigenvalue weighted by Crippen LogP contribution is 2.36. The lowest BCUT2D eigenvalue weighted by atomic mass is 9.79. The minimum atomic E-state index is -0.825. The Balaban J connectivity index is 1.61. The van der Waals surface area contributed by atoms with E-state index in [4.69, 9.17) is 9.47 Å². The van der Waals surface area contributed by atoms with Gasteiger partial charge in [-0.3, -0.25) is 9.78 Å². The van der Waals surface area contributed by atoms with E-state index in [-0.39, 0.29) is 12.6 Å². The number of benzene rings is 1. The summed E-state index contributed by atoms with van der Waals surface area (Å²) in [6, 6.07) is 11.6. The van der Waals surface area contributed by atoms with E-state index in [1.54, 1.807) is 12.4 Å². The molecule has 2 aliphatic rings. The van der Waals surface area contributed by atoms with Gasteiger partial charge in [0.05, 0.1) is 6.07 Å². The average Bonchev–Trinajstić information content (AvgIpc) is 3.17. The highest BCUT2D eigenvalue weighted by atomic mass is 16.7. The molecule has 1 aliphatic heterocycles. The van der Waals surface area contributed by atoms with Gasteiger partial charge in [-0.15, -0.1) is 0 Å². The van der Waals surface area contributed by atoms with Gasteiger partial charge in [-0.1, -0.05) is 12.1 Å². The number of ether oxygens (including phenoxy) is 2. The quantitative estimate of drug-likeness (QED) is 0.835. The SMILES string of the molecule is [CH2]C1=C(CCc2ccc3c(c2)OCO3)C=C(c2ccncc2)C(C#N)C1=O. The standard InChI is InChI=1S/C22H17N2O3/c1-14-17(4-2-15-3-5-20-21(10-15)27-13-26-20)11-18(19(12-23)22(14)25)16-6-8-24-9-7-16/h3,5-11,19H,1-2,4,13H2. The van der Waals surface area contributed by atoms with E-state index in [0.29, 0.717) is 17.6 Å². The van der Waals surface area contributed by atoms with Crippen molar-refractivity contribution in [1.82, 2.24) is 4.98 Å². The number of Topliss-reactive ketones (excluding diaryl/α,β-unsaturated/α-hetero) is 1. The summed E-state index contributed by atoms with van der Waals surface area (Å²) in [7, 11) is 0. The predicted molar refractivity (Wildman–Crippen MR) is 99.6 cm³/mol. The first kappa shape index (κ1) is 17.0. The molecular weight excluding hydrogens is 340 g/mol. The Morgan fingerprint density at radius 1 is 1.15 bits per heavy atom. The summed E-state index contributed by atoms with van der Waals surface area (Å²) in [5.41, 5.74) is 3.90. The maximum Gasteiger partial charge on any atom is 0.231 e. The molecule has 0 fully saturated rings. The molecular formula is C22H17N2O3. The van der Waals surface area contributed by atoms with Crippen molar-refractivity contribution in [2.45, 2.75) is 12.8 Å². The van der Waals surface area contributed by atoms with Crippen molar-refractivity contribution in [2.24, 2.45) is 5.92 Å². The van der Waals surface area contributed by atoms with Crippen LogP contribution in [0.5, 0.6) is 11.5 Å². The Labute approximate surface area is 157 Å². The van der Waals surface area contributed by atoms with Gasteiger partial charge in [-0.2, -0.15) is 5.26 Å². The summed E-state index contributed by atoms with van der Waals surface area (Å²) in [5, 5.41) is 9.49. The van der Waals surface area contributed by atoms with Crippen LogP contribution >= 0.6 is 0 Å². The highest BCUT2D eigenvalue weighted by molar-refractivity contribution is 6.10. The molecule has 5 nitrogen and oxygen atoms in total. The zero-order valence-electron chi connectivity index (χ0n) is 14.6. The Kier molecular flexibility index (Phi) is 4.47. The van der Waals surface area contributed by atoms with Crippen LogP contribution in [0.3, 0.4) is 0 Å². The Hall–Kier alpha value is -3.39. The molecule has 1 aromatic carbocycles. The lowest BCUT2D eigenvalue weighted by Gasteiger charge is -2.21. The molecule has 0 bridgehead atoms. The maximum atomic E-state index is 12.7. The molecule has 0 amide bonds. The minimum Gasteiger partial charge on any atom is -0.454 e. The molecule has 1 atom stereocenters. The van der Waals surface area contributed by atoms with Gasteiger partial charge in [0.1, 0.15) is 5.92 Å². The largest absolute Gasteiger partial charge is 0.454 e. The number of pyridine rings is 1. The second-order valence-corrected chi connectivity index (χ2v) is 6.45. The van der Waals surface area contributed by atoms with Gasteiger partial charge >= 0.3 is 0 Å². The molecule has 5 heteroatoms. The molecule has 2 heterocycles.